The van der Waals surface area contributed by atoms with E-state index < -0.39 is 11.6 Å². The average Bonchev–Trinajstić information content (AvgIpc) is 2.34. The second-order valence-electron chi connectivity index (χ2n) is 4.08. The number of rotatable bonds is 3. The third-order valence-corrected chi connectivity index (χ3v) is 2.60. The summed E-state index contributed by atoms with van der Waals surface area (Å²) in [6.07, 6.45) is 0. The molecule has 0 aromatic heterocycles. The maximum atomic E-state index is 13.4. The molecule has 0 saturated heterocycles. The fraction of sp³-hybridized carbons (Fsp3) is 0.143. The molecular formula is C14H12F3N. The minimum absolute atomic E-state index is 0.221. The van der Waals surface area contributed by atoms with E-state index in [0.717, 1.165) is 17.7 Å². The molecule has 0 aliphatic rings. The molecule has 94 valence electrons. The van der Waals surface area contributed by atoms with Crippen LogP contribution >= 0.6 is 0 Å². The Labute approximate surface area is 103 Å². The normalized spacial score (nSPS) is 10.4. The molecule has 0 unspecified atom stereocenters. The zero-order valence-electron chi connectivity index (χ0n) is 9.81. The van der Waals surface area contributed by atoms with Gasteiger partial charge >= 0.3 is 0 Å². The van der Waals surface area contributed by atoms with Crippen molar-refractivity contribution in [1.82, 2.24) is 0 Å². The second-order valence-corrected chi connectivity index (χ2v) is 4.08. The summed E-state index contributed by atoms with van der Waals surface area (Å²) in [5, 5.41) is 2.85. The number of anilines is 1. The highest BCUT2D eigenvalue weighted by molar-refractivity contribution is 5.44. The smallest absolute Gasteiger partial charge is 0.160 e. The van der Waals surface area contributed by atoms with Gasteiger partial charge in [0.2, 0.25) is 0 Å². The van der Waals surface area contributed by atoms with Gasteiger partial charge in [-0.05, 0) is 25.1 Å². The number of nitrogens with one attached hydrogen (secondary N) is 1. The van der Waals surface area contributed by atoms with E-state index in [-0.39, 0.29) is 12.4 Å². The molecule has 1 nitrogen and oxygen atoms in total. The number of hydrogen-bond donors (Lipinski definition) is 1. The van der Waals surface area contributed by atoms with Crippen molar-refractivity contribution < 1.29 is 13.2 Å². The van der Waals surface area contributed by atoms with Crippen molar-refractivity contribution in [3.05, 3.63) is 65.0 Å². The molecule has 4 heteroatoms. The highest BCUT2D eigenvalue weighted by Crippen LogP contribution is 2.16. The maximum absolute atomic E-state index is 13.4. The average molecular weight is 251 g/mol. The van der Waals surface area contributed by atoms with Crippen LogP contribution in [0.1, 0.15) is 11.1 Å². The SMILES string of the molecule is Cc1ccc(F)c(CNc2ccc(F)c(F)c2)c1. The van der Waals surface area contributed by atoms with Gasteiger partial charge in [-0.1, -0.05) is 17.7 Å². The molecule has 0 heterocycles. The number of aryl methyl sites for hydroxylation is 1. The van der Waals surface area contributed by atoms with Crippen LogP contribution in [0, 0.1) is 24.4 Å². The topological polar surface area (TPSA) is 12.0 Å². The number of halogens is 3. The summed E-state index contributed by atoms with van der Waals surface area (Å²) < 4.78 is 39.1. The van der Waals surface area contributed by atoms with Crippen LogP contribution in [0.25, 0.3) is 0 Å². The van der Waals surface area contributed by atoms with Gasteiger partial charge < -0.3 is 5.32 Å². The predicted molar refractivity (Wildman–Crippen MR) is 64.8 cm³/mol. The van der Waals surface area contributed by atoms with Gasteiger partial charge in [0.15, 0.2) is 11.6 Å². The van der Waals surface area contributed by atoms with Crippen LogP contribution in [0.4, 0.5) is 18.9 Å². The van der Waals surface area contributed by atoms with Gasteiger partial charge in [0.1, 0.15) is 5.82 Å². The van der Waals surface area contributed by atoms with Crippen LogP contribution in [0.15, 0.2) is 36.4 Å². The molecule has 2 aromatic carbocycles. The first-order chi connectivity index (χ1) is 8.56. The van der Waals surface area contributed by atoms with E-state index in [1.54, 1.807) is 12.1 Å². The molecule has 0 amide bonds. The van der Waals surface area contributed by atoms with Crippen molar-refractivity contribution >= 4 is 5.69 Å². The lowest BCUT2D eigenvalue weighted by Gasteiger charge is -2.08. The first-order valence-electron chi connectivity index (χ1n) is 5.50. The summed E-state index contributed by atoms with van der Waals surface area (Å²) in [7, 11) is 0. The lowest BCUT2D eigenvalue weighted by molar-refractivity contribution is 0.509. The Balaban J connectivity index is 2.11. The van der Waals surface area contributed by atoms with Crippen molar-refractivity contribution in [3.63, 3.8) is 0 Å². The fourth-order valence-corrected chi connectivity index (χ4v) is 1.64. The fourth-order valence-electron chi connectivity index (χ4n) is 1.64. The Morgan fingerprint density at radius 2 is 1.61 bits per heavy atom. The minimum Gasteiger partial charge on any atom is -0.381 e. The molecule has 18 heavy (non-hydrogen) atoms. The van der Waals surface area contributed by atoms with Gasteiger partial charge in [-0.3, -0.25) is 0 Å². The second kappa shape index (κ2) is 5.12. The van der Waals surface area contributed by atoms with Crippen molar-refractivity contribution in [2.45, 2.75) is 13.5 Å². The third kappa shape index (κ3) is 2.83. The van der Waals surface area contributed by atoms with Gasteiger partial charge in [-0.25, -0.2) is 13.2 Å². The van der Waals surface area contributed by atoms with Crippen LogP contribution in [-0.4, -0.2) is 0 Å². The van der Waals surface area contributed by atoms with Crippen molar-refractivity contribution in [1.29, 1.82) is 0 Å². The van der Waals surface area contributed by atoms with E-state index in [1.807, 2.05) is 6.92 Å². The molecular weight excluding hydrogens is 239 g/mol. The molecule has 0 saturated carbocycles. The summed E-state index contributed by atoms with van der Waals surface area (Å²) in [5.74, 6) is -2.15. The lowest BCUT2D eigenvalue weighted by atomic mass is 10.1. The third-order valence-electron chi connectivity index (χ3n) is 2.60. The quantitative estimate of drug-likeness (QED) is 0.868. The highest BCUT2D eigenvalue weighted by atomic mass is 19.2. The van der Waals surface area contributed by atoms with Crippen molar-refractivity contribution in [2.75, 3.05) is 5.32 Å². The highest BCUT2D eigenvalue weighted by Gasteiger charge is 2.04. The Morgan fingerprint density at radius 1 is 0.889 bits per heavy atom. The van der Waals surface area contributed by atoms with E-state index in [2.05, 4.69) is 5.32 Å². The van der Waals surface area contributed by atoms with Crippen LogP contribution < -0.4 is 5.32 Å². The molecule has 0 atom stereocenters. The van der Waals surface area contributed by atoms with E-state index >= 15 is 0 Å². The molecule has 0 radical (unpaired) electrons. The van der Waals surface area contributed by atoms with E-state index in [1.165, 1.54) is 12.1 Å². The first kappa shape index (κ1) is 12.5. The van der Waals surface area contributed by atoms with Gasteiger partial charge in [0.05, 0.1) is 0 Å². The van der Waals surface area contributed by atoms with E-state index in [0.29, 0.717) is 11.3 Å². The summed E-state index contributed by atoms with van der Waals surface area (Å²) in [6.45, 7) is 2.08. The number of hydrogen-bond acceptors (Lipinski definition) is 1. The first-order valence-corrected chi connectivity index (χ1v) is 5.50. The largest absolute Gasteiger partial charge is 0.381 e. The summed E-state index contributed by atoms with van der Waals surface area (Å²) >= 11 is 0. The van der Waals surface area contributed by atoms with Crippen LogP contribution in [-0.2, 0) is 6.54 Å². The monoisotopic (exact) mass is 251 g/mol. The Hall–Kier alpha value is -1.97. The minimum atomic E-state index is -0.926. The summed E-state index contributed by atoms with van der Waals surface area (Å²) in [6, 6.07) is 8.26. The molecule has 2 aromatic rings. The molecule has 1 N–H and O–H groups in total. The molecule has 2 rings (SSSR count). The molecule has 0 spiro atoms. The van der Waals surface area contributed by atoms with Crippen molar-refractivity contribution in [2.24, 2.45) is 0 Å². The van der Waals surface area contributed by atoms with Gasteiger partial charge in [-0.2, -0.15) is 0 Å². The van der Waals surface area contributed by atoms with Crippen LogP contribution in [0.5, 0.6) is 0 Å². The Bertz CT molecular complexity index is 567. The molecule has 0 aliphatic carbocycles. The van der Waals surface area contributed by atoms with E-state index in [9.17, 15) is 13.2 Å². The van der Waals surface area contributed by atoms with Gasteiger partial charge in [-0.15, -0.1) is 0 Å². The lowest BCUT2D eigenvalue weighted by Crippen LogP contribution is -2.02. The molecule has 0 aliphatic heterocycles. The van der Waals surface area contributed by atoms with Crippen LogP contribution in [0.2, 0.25) is 0 Å². The van der Waals surface area contributed by atoms with Gasteiger partial charge in [0.25, 0.3) is 0 Å². The van der Waals surface area contributed by atoms with Crippen LogP contribution in [0.3, 0.4) is 0 Å². The maximum Gasteiger partial charge on any atom is 0.160 e. The van der Waals surface area contributed by atoms with E-state index in [4.69, 9.17) is 0 Å². The standard InChI is InChI=1S/C14H12F3N/c1-9-2-4-12(15)10(6-9)8-18-11-3-5-13(16)14(17)7-11/h2-7,18H,8H2,1H3. The molecule has 0 fully saturated rings. The predicted octanol–water partition coefficient (Wildman–Crippen LogP) is 4.02. The summed E-state index contributed by atoms with van der Waals surface area (Å²) in [4.78, 5) is 0. The zero-order valence-corrected chi connectivity index (χ0v) is 9.81. The Kier molecular flexibility index (Phi) is 3.55. The Morgan fingerprint density at radius 3 is 2.33 bits per heavy atom. The summed E-state index contributed by atoms with van der Waals surface area (Å²) in [5.41, 5.74) is 1.84. The molecule has 0 bridgehead atoms. The van der Waals surface area contributed by atoms with Gasteiger partial charge in [0, 0.05) is 23.9 Å². The number of benzene rings is 2. The van der Waals surface area contributed by atoms with Crippen molar-refractivity contribution in [3.8, 4) is 0 Å². The zero-order chi connectivity index (χ0) is 13.1.